The van der Waals surface area contributed by atoms with Gasteiger partial charge in [0.05, 0.1) is 17.7 Å². The average Bonchev–Trinajstić information content (AvgIpc) is 3.87. The lowest BCUT2D eigenvalue weighted by Crippen LogP contribution is -2.53. The van der Waals surface area contributed by atoms with Gasteiger partial charge in [-0.3, -0.25) is 4.90 Å². The molecule has 3 aliphatic heterocycles. The molecular formula is C37H36F5N5O2. The van der Waals surface area contributed by atoms with E-state index in [1.54, 1.807) is 6.92 Å². The second-order valence-electron chi connectivity index (χ2n) is 14.3. The number of hydrogen-bond donors (Lipinski definition) is 2. The van der Waals surface area contributed by atoms with Crippen LogP contribution >= 0.6 is 0 Å². The third-order valence-electron chi connectivity index (χ3n) is 10.9. The van der Waals surface area contributed by atoms with Gasteiger partial charge in [0.15, 0.2) is 5.82 Å². The number of rotatable bonds is 7. The molecule has 1 aliphatic carbocycles. The van der Waals surface area contributed by atoms with Crippen molar-refractivity contribution in [3.63, 3.8) is 0 Å². The number of phenols is 1. The fourth-order valence-electron chi connectivity index (χ4n) is 8.32. The molecule has 2 N–H and O–H groups in total. The van der Waals surface area contributed by atoms with E-state index in [0.29, 0.717) is 44.0 Å². The smallest absolute Gasteiger partial charge is 0.319 e. The predicted molar refractivity (Wildman–Crippen MR) is 176 cm³/mol. The van der Waals surface area contributed by atoms with Gasteiger partial charge in [-0.1, -0.05) is 18.9 Å². The van der Waals surface area contributed by atoms with Crippen molar-refractivity contribution in [1.29, 1.82) is 0 Å². The molecule has 4 heterocycles. The maximum atomic E-state index is 16.9. The van der Waals surface area contributed by atoms with Crippen LogP contribution in [0.3, 0.4) is 0 Å². The minimum atomic E-state index is -2.54. The molecular weight excluding hydrogens is 641 g/mol. The number of ether oxygens (including phenoxy) is 1. The number of likely N-dealkylation sites (tertiary alicyclic amines) is 1. The van der Waals surface area contributed by atoms with E-state index in [-0.39, 0.29) is 63.7 Å². The van der Waals surface area contributed by atoms with Crippen molar-refractivity contribution < 1.29 is 31.8 Å². The van der Waals surface area contributed by atoms with Crippen LogP contribution in [0.2, 0.25) is 0 Å². The van der Waals surface area contributed by atoms with Crippen molar-refractivity contribution in [2.75, 3.05) is 37.7 Å². The summed E-state index contributed by atoms with van der Waals surface area (Å²) >= 11 is 0. The number of piperidine rings is 1. The Balaban J connectivity index is 1.27. The normalized spacial score (nSPS) is 25.8. The molecule has 3 saturated heterocycles. The molecule has 1 aromatic heterocycles. The van der Waals surface area contributed by atoms with Gasteiger partial charge in [0.1, 0.15) is 28.7 Å². The third kappa shape index (κ3) is 5.61. The Morgan fingerprint density at radius 3 is 2.49 bits per heavy atom. The predicted octanol–water partition coefficient (Wildman–Crippen LogP) is 6.63. The van der Waals surface area contributed by atoms with E-state index < -0.39 is 40.8 Å². The van der Waals surface area contributed by atoms with Crippen LogP contribution in [0.15, 0.2) is 30.3 Å². The highest BCUT2D eigenvalue weighted by Gasteiger charge is 2.48. The van der Waals surface area contributed by atoms with Gasteiger partial charge in [0, 0.05) is 65.4 Å². The van der Waals surface area contributed by atoms with E-state index >= 15 is 8.78 Å². The molecule has 256 valence electrons. The maximum Gasteiger partial charge on any atom is 0.319 e. The molecule has 2 bridgehead atoms. The topological polar surface area (TPSA) is 73.8 Å². The molecule has 2 unspecified atom stereocenters. The molecule has 12 heteroatoms. The SMILES string of the molecule is C#Cc1c(F)ccc2cc(O)cc(-c3c(F)cc4c(N5C[C@H]6CC[C@@H](C5)N6)nc(OCC5(C)CN(C6CC6)CCC5C(F)F)nc4c3F)c12. The van der Waals surface area contributed by atoms with Gasteiger partial charge in [-0.15, -0.1) is 6.42 Å². The summed E-state index contributed by atoms with van der Waals surface area (Å²) < 4.78 is 82.9. The number of hydrogen-bond acceptors (Lipinski definition) is 7. The minimum Gasteiger partial charge on any atom is -0.508 e. The van der Waals surface area contributed by atoms with Crippen LogP contribution < -0.4 is 15.0 Å². The summed E-state index contributed by atoms with van der Waals surface area (Å²) in [6, 6.07) is 6.64. The summed E-state index contributed by atoms with van der Waals surface area (Å²) in [6.07, 6.45) is 7.41. The van der Waals surface area contributed by atoms with Crippen LogP contribution in [-0.4, -0.2) is 77.3 Å². The number of alkyl halides is 2. The number of benzene rings is 3. The summed E-state index contributed by atoms with van der Waals surface area (Å²) in [5.41, 5.74) is -2.08. The van der Waals surface area contributed by atoms with Gasteiger partial charge in [-0.2, -0.15) is 9.97 Å². The largest absolute Gasteiger partial charge is 0.508 e. The Labute approximate surface area is 280 Å². The number of fused-ring (bicyclic) bond motifs is 4. The van der Waals surface area contributed by atoms with Gasteiger partial charge in [0.25, 0.3) is 0 Å². The van der Waals surface area contributed by atoms with Crippen molar-refractivity contribution in [3.8, 4) is 35.2 Å². The zero-order chi connectivity index (χ0) is 34.2. The Hall–Kier alpha value is -4.21. The highest BCUT2D eigenvalue weighted by Crippen LogP contribution is 2.45. The molecule has 8 rings (SSSR count). The van der Waals surface area contributed by atoms with Crippen LogP contribution in [0.1, 0.15) is 44.6 Å². The first kappa shape index (κ1) is 32.0. The minimum absolute atomic E-state index is 0.0605. The van der Waals surface area contributed by atoms with E-state index in [0.717, 1.165) is 43.9 Å². The first-order chi connectivity index (χ1) is 23.5. The van der Waals surface area contributed by atoms with E-state index in [4.69, 9.17) is 11.2 Å². The summed E-state index contributed by atoms with van der Waals surface area (Å²) in [7, 11) is 0. The number of nitrogens with zero attached hydrogens (tertiary/aromatic N) is 4. The molecule has 4 atom stereocenters. The number of terminal acetylenes is 1. The van der Waals surface area contributed by atoms with Gasteiger partial charge in [0.2, 0.25) is 6.43 Å². The van der Waals surface area contributed by atoms with E-state index in [2.05, 4.69) is 26.1 Å². The second kappa shape index (κ2) is 12.0. The van der Waals surface area contributed by atoms with E-state index in [1.807, 2.05) is 4.90 Å². The number of anilines is 1. The van der Waals surface area contributed by atoms with Gasteiger partial charge < -0.3 is 20.1 Å². The van der Waals surface area contributed by atoms with Crippen LogP contribution in [-0.2, 0) is 0 Å². The zero-order valence-electron chi connectivity index (χ0n) is 27.0. The van der Waals surface area contributed by atoms with E-state index in [9.17, 15) is 18.3 Å². The zero-order valence-corrected chi connectivity index (χ0v) is 27.0. The molecule has 4 aliphatic rings. The average molecular weight is 678 g/mol. The molecule has 0 spiro atoms. The lowest BCUT2D eigenvalue weighted by molar-refractivity contribution is -0.0749. The summed E-state index contributed by atoms with van der Waals surface area (Å²) in [4.78, 5) is 13.3. The first-order valence-electron chi connectivity index (χ1n) is 16.8. The lowest BCUT2D eigenvalue weighted by Gasteiger charge is -2.45. The molecule has 0 radical (unpaired) electrons. The standard InChI is InChI=1S/C37H36F5N5O2/c1-3-24-28(38)9-4-19-12-23(48)13-25(30(19)24)31-29(39)14-26-33(32(31)40)44-36(45-35(26)47-15-20-5-6-21(16-47)43-20)49-18-37(2)17-46(22-7-8-22)11-10-27(37)34(41)42/h1,4,9,12-14,20-22,27,34,43,48H,5-8,10-11,15-18H2,2H3/t20-,21+,27?,37?. The van der Waals surface area contributed by atoms with Crippen molar-refractivity contribution in [1.82, 2.24) is 20.2 Å². The lowest BCUT2D eigenvalue weighted by atomic mass is 9.73. The number of aromatic nitrogens is 2. The number of nitrogens with one attached hydrogen (secondary N) is 1. The Kier molecular flexibility index (Phi) is 7.83. The quantitative estimate of drug-likeness (QED) is 0.168. The monoisotopic (exact) mass is 677 g/mol. The maximum absolute atomic E-state index is 16.9. The molecule has 3 aromatic carbocycles. The number of piperazine rings is 1. The number of halogens is 5. The second-order valence-corrected chi connectivity index (χ2v) is 14.3. The van der Waals surface area contributed by atoms with E-state index in [1.165, 1.54) is 12.1 Å². The van der Waals surface area contributed by atoms with Crippen molar-refractivity contribution in [2.45, 2.75) is 63.6 Å². The van der Waals surface area contributed by atoms with Gasteiger partial charge >= 0.3 is 6.01 Å². The van der Waals surface area contributed by atoms with Crippen molar-refractivity contribution in [2.24, 2.45) is 11.3 Å². The van der Waals surface area contributed by atoms with Crippen molar-refractivity contribution in [3.05, 3.63) is 53.3 Å². The first-order valence-corrected chi connectivity index (χ1v) is 16.8. The van der Waals surface area contributed by atoms with Crippen LogP contribution in [0.4, 0.5) is 27.8 Å². The number of phenolic OH excluding ortho intramolecular Hbond substituents is 1. The molecule has 1 saturated carbocycles. The molecule has 0 amide bonds. The summed E-state index contributed by atoms with van der Waals surface area (Å²) in [6.45, 7) is 3.77. The molecule has 49 heavy (non-hydrogen) atoms. The number of aromatic hydroxyl groups is 1. The molecule has 7 nitrogen and oxygen atoms in total. The summed E-state index contributed by atoms with van der Waals surface area (Å²) in [5.74, 6) is -1.46. The Morgan fingerprint density at radius 1 is 1.04 bits per heavy atom. The highest BCUT2D eigenvalue weighted by atomic mass is 19.3. The fourth-order valence-corrected chi connectivity index (χ4v) is 8.32. The van der Waals surface area contributed by atoms with Crippen LogP contribution in [0, 0.1) is 41.1 Å². The third-order valence-corrected chi connectivity index (χ3v) is 10.9. The van der Waals surface area contributed by atoms with Crippen LogP contribution in [0.5, 0.6) is 11.8 Å². The summed E-state index contributed by atoms with van der Waals surface area (Å²) in [5, 5.41) is 14.5. The van der Waals surface area contributed by atoms with Crippen LogP contribution in [0.25, 0.3) is 32.8 Å². The highest BCUT2D eigenvalue weighted by molar-refractivity contribution is 6.04. The van der Waals surface area contributed by atoms with Crippen molar-refractivity contribution >= 4 is 27.5 Å². The Morgan fingerprint density at radius 2 is 1.80 bits per heavy atom. The van der Waals surface area contributed by atoms with Gasteiger partial charge in [-0.05, 0) is 68.3 Å². The fraction of sp³-hybridized carbons (Fsp3) is 0.459. The van der Waals surface area contributed by atoms with Gasteiger partial charge in [-0.25, -0.2) is 22.0 Å². The molecule has 4 aromatic rings. The Bertz CT molecular complexity index is 2000. The molecule has 4 fully saturated rings.